The van der Waals surface area contributed by atoms with E-state index in [1.165, 1.54) is 12.3 Å². The van der Waals surface area contributed by atoms with Gasteiger partial charge in [-0.05, 0) is 37.8 Å². The molecule has 3 aromatic rings. The van der Waals surface area contributed by atoms with Crippen LogP contribution in [0.4, 0.5) is 23.4 Å². The number of likely N-dealkylation sites (tertiary alicyclic amines) is 1. The van der Waals surface area contributed by atoms with Gasteiger partial charge in [0.05, 0.1) is 5.69 Å². The summed E-state index contributed by atoms with van der Waals surface area (Å²) in [6.07, 6.45) is 3.39. The Bertz CT molecular complexity index is 1070. The molecule has 0 aromatic carbocycles. The van der Waals surface area contributed by atoms with Crippen LogP contribution in [-0.2, 0) is 12.7 Å². The van der Waals surface area contributed by atoms with Crippen molar-refractivity contribution in [1.29, 1.82) is 0 Å². The summed E-state index contributed by atoms with van der Waals surface area (Å²) in [5.74, 6) is 0.0569. The predicted octanol–water partition coefficient (Wildman–Crippen LogP) is 3.92. The third-order valence-electron chi connectivity index (χ3n) is 5.95. The van der Waals surface area contributed by atoms with E-state index in [1.54, 1.807) is 10.5 Å². The summed E-state index contributed by atoms with van der Waals surface area (Å²) in [4.78, 5) is 16.5. The summed E-state index contributed by atoms with van der Waals surface area (Å²) < 4.78 is 54.4. The van der Waals surface area contributed by atoms with E-state index >= 15 is 0 Å². The molecule has 5 rings (SSSR count). The number of rotatable bonds is 5. The van der Waals surface area contributed by atoms with Crippen molar-refractivity contribution in [3.05, 3.63) is 54.1 Å². The summed E-state index contributed by atoms with van der Waals surface area (Å²) in [5, 5.41) is 0. The largest absolute Gasteiger partial charge is 0.433 e. The number of fused-ring (bicyclic) bond motifs is 1. The molecule has 3 aromatic heterocycles. The lowest BCUT2D eigenvalue weighted by atomic mass is 10.0. The smallest absolute Gasteiger partial charge is 0.350 e. The van der Waals surface area contributed by atoms with Gasteiger partial charge in [0.25, 0.3) is 0 Å². The minimum atomic E-state index is -4.48. The fraction of sp³-hybridized carbons (Fsp3) is 0.476. The standard InChI is InChI=1S/C21H22F4N6/c22-14-1-4-19-28-15(12-30(19)10-14)11-29-7-5-17(6-8-29)31(16-2-3-16)20-9-18(21(23,24)25)26-13-27-20/h1,4,9-10,12-13,16-17H,2-3,5-8,11H2. The van der Waals surface area contributed by atoms with E-state index in [0.717, 1.165) is 56.9 Å². The molecule has 164 valence electrons. The van der Waals surface area contributed by atoms with Gasteiger partial charge in [-0.2, -0.15) is 13.2 Å². The van der Waals surface area contributed by atoms with Gasteiger partial charge in [0.1, 0.15) is 29.3 Å². The average Bonchev–Trinajstić information content (AvgIpc) is 3.48. The molecule has 1 aliphatic heterocycles. The van der Waals surface area contributed by atoms with Crippen molar-refractivity contribution >= 4 is 11.5 Å². The van der Waals surface area contributed by atoms with Gasteiger partial charge in [0.15, 0.2) is 0 Å². The average molecular weight is 434 g/mol. The summed E-state index contributed by atoms with van der Waals surface area (Å²) in [6.45, 7) is 2.28. The first-order chi connectivity index (χ1) is 14.9. The SMILES string of the molecule is Fc1ccc2nc(CN3CCC(N(c4cc(C(F)(F)F)ncn4)C4CC4)CC3)cn2c1. The lowest BCUT2D eigenvalue weighted by Crippen LogP contribution is -2.46. The Labute approximate surface area is 176 Å². The highest BCUT2D eigenvalue weighted by Gasteiger charge is 2.39. The fourth-order valence-electron chi connectivity index (χ4n) is 4.35. The molecule has 0 spiro atoms. The Hall–Kier alpha value is -2.75. The Morgan fingerprint density at radius 3 is 2.45 bits per heavy atom. The molecule has 0 N–H and O–H groups in total. The molecule has 2 aliphatic rings. The van der Waals surface area contributed by atoms with Crippen molar-refractivity contribution in [3.63, 3.8) is 0 Å². The molecule has 1 saturated heterocycles. The molecule has 31 heavy (non-hydrogen) atoms. The number of aromatic nitrogens is 4. The Balaban J connectivity index is 1.26. The zero-order valence-corrected chi connectivity index (χ0v) is 16.8. The second kappa shape index (κ2) is 7.74. The van der Waals surface area contributed by atoms with E-state index in [1.807, 2.05) is 6.20 Å². The summed E-state index contributed by atoms with van der Waals surface area (Å²) in [7, 11) is 0. The van der Waals surface area contributed by atoms with Gasteiger partial charge in [-0.1, -0.05) is 0 Å². The van der Waals surface area contributed by atoms with Gasteiger partial charge in [0.2, 0.25) is 0 Å². The van der Waals surface area contributed by atoms with E-state index in [4.69, 9.17) is 0 Å². The number of hydrogen-bond donors (Lipinski definition) is 0. The molecule has 0 atom stereocenters. The van der Waals surface area contributed by atoms with Crippen LogP contribution in [0.25, 0.3) is 5.65 Å². The highest BCUT2D eigenvalue weighted by Crippen LogP contribution is 2.37. The zero-order valence-electron chi connectivity index (χ0n) is 16.8. The highest BCUT2D eigenvalue weighted by atomic mass is 19.4. The zero-order chi connectivity index (χ0) is 21.6. The minimum Gasteiger partial charge on any atom is -0.350 e. The van der Waals surface area contributed by atoms with Crippen LogP contribution in [-0.4, -0.2) is 49.4 Å². The first-order valence-electron chi connectivity index (χ1n) is 10.4. The highest BCUT2D eigenvalue weighted by molar-refractivity contribution is 5.44. The summed E-state index contributed by atoms with van der Waals surface area (Å²) in [5.41, 5.74) is 0.674. The quantitative estimate of drug-likeness (QED) is 0.570. The van der Waals surface area contributed by atoms with Crippen molar-refractivity contribution in [2.45, 2.75) is 50.5 Å². The van der Waals surface area contributed by atoms with Crippen LogP contribution in [0.2, 0.25) is 0 Å². The second-order valence-electron chi connectivity index (χ2n) is 8.25. The van der Waals surface area contributed by atoms with Gasteiger partial charge in [0, 0.05) is 50.2 Å². The van der Waals surface area contributed by atoms with Crippen LogP contribution in [0.5, 0.6) is 0 Å². The van der Waals surface area contributed by atoms with Crippen LogP contribution in [0.1, 0.15) is 37.1 Å². The van der Waals surface area contributed by atoms with Crippen LogP contribution >= 0.6 is 0 Å². The van der Waals surface area contributed by atoms with Crippen molar-refractivity contribution in [1.82, 2.24) is 24.3 Å². The molecular formula is C21H22F4N6. The maximum Gasteiger partial charge on any atom is 0.433 e. The van der Waals surface area contributed by atoms with Gasteiger partial charge >= 0.3 is 6.18 Å². The molecule has 2 fully saturated rings. The van der Waals surface area contributed by atoms with Crippen LogP contribution in [0, 0.1) is 5.82 Å². The number of imidazole rings is 1. The molecule has 1 saturated carbocycles. The van der Waals surface area contributed by atoms with Crippen LogP contribution in [0.3, 0.4) is 0 Å². The van der Waals surface area contributed by atoms with Crippen molar-refractivity contribution in [2.75, 3.05) is 18.0 Å². The lowest BCUT2D eigenvalue weighted by Gasteiger charge is -2.39. The number of piperidine rings is 1. The molecule has 0 amide bonds. The molecule has 6 nitrogen and oxygen atoms in total. The molecule has 0 bridgehead atoms. The lowest BCUT2D eigenvalue weighted by molar-refractivity contribution is -0.141. The Morgan fingerprint density at radius 2 is 1.74 bits per heavy atom. The number of alkyl halides is 3. The Morgan fingerprint density at radius 1 is 1.00 bits per heavy atom. The third kappa shape index (κ3) is 4.34. The van der Waals surface area contributed by atoms with Gasteiger partial charge in [-0.15, -0.1) is 0 Å². The van der Waals surface area contributed by atoms with E-state index in [-0.39, 0.29) is 17.9 Å². The van der Waals surface area contributed by atoms with Crippen molar-refractivity contribution in [2.24, 2.45) is 0 Å². The van der Waals surface area contributed by atoms with Crippen molar-refractivity contribution in [3.8, 4) is 0 Å². The first-order valence-corrected chi connectivity index (χ1v) is 10.4. The van der Waals surface area contributed by atoms with Gasteiger partial charge in [-0.3, -0.25) is 4.90 Å². The first kappa shape index (κ1) is 20.2. The maximum atomic E-state index is 13.4. The summed E-state index contributed by atoms with van der Waals surface area (Å²) in [6, 6.07) is 4.51. The summed E-state index contributed by atoms with van der Waals surface area (Å²) >= 11 is 0. The van der Waals surface area contributed by atoms with Gasteiger partial charge in [-0.25, -0.2) is 19.3 Å². The number of hydrogen-bond acceptors (Lipinski definition) is 5. The number of halogens is 4. The van der Waals surface area contributed by atoms with Gasteiger partial charge < -0.3 is 9.30 Å². The predicted molar refractivity (Wildman–Crippen MR) is 106 cm³/mol. The number of anilines is 1. The van der Waals surface area contributed by atoms with Crippen LogP contribution < -0.4 is 4.90 Å². The molecule has 4 heterocycles. The molecule has 0 radical (unpaired) electrons. The molecule has 0 unspecified atom stereocenters. The maximum absolute atomic E-state index is 13.4. The monoisotopic (exact) mass is 434 g/mol. The topological polar surface area (TPSA) is 49.6 Å². The van der Waals surface area contributed by atoms with Crippen LogP contribution in [0.15, 0.2) is 36.9 Å². The van der Waals surface area contributed by atoms with E-state index < -0.39 is 11.9 Å². The van der Waals surface area contributed by atoms with Crippen molar-refractivity contribution < 1.29 is 17.6 Å². The minimum absolute atomic E-state index is 0.148. The number of pyridine rings is 1. The fourth-order valence-corrected chi connectivity index (χ4v) is 4.35. The number of nitrogens with zero attached hydrogens (tertiary/aromatic N) is 6. The van der Waals surface area contributed by atoms with E-state index in [0.29, 0.717) is 18.0 Å². The third-order valence-corrected chi connectivity index (χ3v) is 5.95. The Kier molecular flexibility index (Phi) is 5.04. The van der Waals surface area contributed by atoms with E-state index in [2.05, 4.69) is 24.8 Å². The second-order valence-corrected chi connectivity index (χ2v) is 8.25. The normalized spacial score (nSPS) is 18.6. The molecule has 10 heteroatoms. The van der Waals surface area contributed by atoms with E-state index in [9.17, 15) is 17.6 Å². The molecular weight excluding hydrogens is 412 g/mol. The molecule has 1 aliphatic carbocycles.